The molecule has 0 saturated heterocycles. The van der Waals surface area contributed by atoms with Crippen molar-refractivity contribution in [2.75, 3.05) is 0 Å². The molecule has 0 aliphatic carbocycles. The van der Waals surface area contributed by atoms with Gasteiger partial charge in [-0.15, -0.1) is 0 Å². The first-order valence-corrected chi connectivity index (χ1v) is 8.06. The van der Waals surface area contributed by atoms with Crippen molar-refractivity contribution >= 4 is 0 Å². The van der Waals surface area contributed by atoms with Crippen LogP contribution < -0.4 is 0 Å². The summed E-state index contributed by atoms with van der Waals surface area (Å²) in [4.78, 5) is 0. The van der Waals surface area contributed by atoms with Crippen LogP contribution in [0, 0.1) is 6.07 Å². The van der Waals surface area contributed by atoms with Crippen LogP contribution >= 0.6 is 0 Å². The van der Waals surface area contributed by atoms with E-state index in [0.717, 1.165) is 0 Å². The highest BCUT2D eigenvalue weighted by molar-refractivity contribution is 5.72. The minimum atomic E-state index is 0.518. The molecule has 0 nitrogen and oxygen atoms in total. The van der Waals surface area contributed by atoms with Crippen molar-refractivity contribution in [3.8, 4) is 11.1 Å². The normalized spacial score (nSPS) is 11.7. The SMILES string of the molecule is CC(C)c1cc(C(C)C)c(-c2[c]cccc2)c(C(C)C)c1. The molecule has 0 heteroatoms. The lowest BCUT2D eigenvalue weighted by molar-refractivity contribution is 0.807. The van der Waals surface area contributed by atoms with E-state index in [4.69, 9.17) is 0 Å². The first kappa shape index (κ1) is 15.8. The van der Waals surface area contributed by atoms with Gasteiger partial charge >= 0.3 is 0 Å². The van der Waals surface area contributed by atoms with E-state index in [0.29, 0.717) is 17.8 Å². The van der Waals surface area contributed by atoms with Crippen molar-refractivity contribution in [3.05, 3.63) is 59.2 Å². The molecular formula is C21H27. The summed E-state index contributed by atoms with van der Waals surface area (Å²) in [5.74, 6) is 1.60. The van der Waals surface area contributed by atoms with Gasteiger partial charge in [-0.2, -0.15) is 0 Å². The van der Waals surface area contributed by atoms with E-state index in [9.17, 15) is 0 Å². The van der Waals surface area contributed by atoms with Crippen LogP contribution in [0.15, 0.2) is 36.4 Å². The topological polar surface area (TPSA) is 0 Å². The van der Waals surface area contributed by atoms with Gasteiger partial charge in [0.1, 0.15) is 0 Å². The third kappa shape index (κ3) is 3.37. The van der Waals surface area contributed by atoms with Crippen molar-refractivity contribution in [2.24, 2.45) is 0 Å². The Morgan fingerprint density at radius 3 is 1.71 bits per heavy atom. The lowest BCUT2D eigenvalue weighted by atomic mass is 9.82. The van der Waals surface area contributed by atoms with Crippen LogP contribution in [0.4, 0.5) is 0 Å². The van der Waals surface area contributed by atoms with Gasteiger partial charge in [0.2, 0.25) is 0 Å². The molecule has 0 N–H and O–H groups in total. The van der Waals surface area contributed by atoms with Crippen molar-refractivity contribution in [1.29, 1.82) is 0 Å². The Bertz CT molecular complexity index is 560. The maximum atomic E-state index is 3.42. The summed E-state index contributed by atoms with van der Waals surface area (Å²) in [6.07, 6.45) is 0. The average Bonchev–Trinajstić information content (AvgIpc) is 2.46. The van der Waals surface area contributed by atoms with Crippen LogP contribution in [0.1, 0.15) is 76.0 Å². The van der Waals surface area contributed by atoms with Gasteiger partial charge < -0.3 is 0 Å². The number of hydrogen-bond donors (Lipinski definition) is 0. The summed E-state index contributed by atoms with van der Waals surface area (Å²) in [6, 6.07) is 16.6. The molecule has 0 spiro atoms. The average molecular weight is 279 g/mol. The Hall–Kier alpha value is -1.56. The Balaban J connectivity index is 2.77. The molecule has 0 aliphatic heterocycles. The Kier molecular flexibility index (Phi) is 4.88. The summed E-state index contributed by atoms with van der Waals surface area (Å²) in [7, 11) is 0. The molecule has 2 aromatic carbocycles. The van der Waals surface area contributed by atoms with E-state index < -0.39 is 0 Å². The molecule has 2 rings (SSSR count). The molecule has 0 heterocycles. The van der Waals surface area contributed by atoms with Crippen LogP contribution in [0.5, 0.6) is 0 Å². The fourth-order valence-corrected chi connectivity index (χ4v) is 2.82. The molecule has 0 bridgehead atoms. The van der Waals surface area contributed by atoms with Gasteiger partial charge in [0.15, 0.2) is 0 Å². The van der Waals surface area contributed by atoms with Crippen LogP contribution in [-0.2, 0) is 0 Å². The Labute approximate surface area is 130 Å². The van der Waals surface area contributed by atoms with Gasteiger partial charge in [-0.3, -0.25) is 0 Å². The Morgan fingerprint density at radius 1 is 0.762 bits per heavy atom. The van der Waals surface area contributed by atoms with Crippen molar-refractivity contribution in [1.82, 2.24) is 0 Å². The van der Waals surface area contributed by atoms with E-state index in [-0.39, 0.29) is 0 Å². The molecule has 0 unspecified atom stereocenters. The van der Waals surface area contributed by atoms with E-state index in [1.54, 1.807) is 0 Å². The maximum absolute atomic E-state index is 3.42. The van der Waals surface area contributed by atoms with Crippen LogP contribution in [0.25, 0.3) is 11.1 Å². The van der Waals surface area contributed by atoms with Gasteiger partial charge in [0.25, 0.3) is 0 Å². The molecule has 0 fully saturated rings. The van der Waals surface area contributed by atoms with Crippen molar-refractivity contribution < 1.29 is 0 Å². The van der Waals surface area contributed by atoms with Crippen LogP contribution in [0.2, 0.25) is 0 Å². The largest absolute Gasteiger partial charge is 0.0616 e. The maximum Gasteiger partial charge on any atom is -0.00990 e. The lowest BCUT2D eigenvalue weighted by Crippen LogP contribution is -2.03. The predicted octanol–water partition coefficient (Wildman–Crippen LogP) is 6.52. The highest BCUT2D eigenvalue weighted by atomic mass is 14.2. The molecule has 21 heavy (non-hydrogen) atoms. The molecule has 2 aromatic rings. The molecule has 0 saturated carbocycles. The zero-order valence-corrected chi connectivity index (χ0v) is 14.2. The molecule has 0 aliphatic rings. The molecule has 0 aromatic heterocycles. The quantitative estimate of drug-likeness (QED) is 0.597. The summed E-state index contributed by atoms with van der Waals surface area (Å²) in [5, 5.41) is 0. The number of rotatable bonds is 4. The smallest absolute Gasteiger partial charge is 0.00990 e. The Morgan fingerprint density at radius 2 is 1.33 bits per heavy atom. The fourth-order valence-electron chi connectivity index (χ4n) is 2.82. The van der Waals surface area contributed by atoms with Gasteiger partial charge in [0, 0.05) is 0 Å². The highest BCUT2D eigenvalue weighted by Crippen LogP contribution is 2.38. The van der Waals surface area contributed by atoms with Crippen molar-refractivity contribution in [3.63, 3.8) is 0 Å². The zero-order valence-electron chi connectivity index (χ0n) is 14.2. The zero-order chi connectivity index (χ0) is 15.6. The first-order valence-electron chi connectivity index (χ1n) is 8.06. The molecule has 0 atom stereocenters. The predicted molar refractivity (Wildman–Crippen MR) is 93.0 cm³/mol. The van der Waals surface area contributed by atoms with E-state index in [1.807, 2.05) is 12.1 Å². The van der Waals surface area contributed by atoms with Crippen molar-refractivity contribution in [2.45, 2.75) is 59.3 Å². The monoisotopic (exact) mass is 279 g/mol. The third-order valence-corrected chi connectivity index (χ3v) is 4.11. The van der Waals surface area contributed by atoms with Crippen LogP contribution in [-0.4, -0.2) is 0 Å². The van der Waals surface area contributed by atoms with E-state index >= 15 is 0 Å². The second kappa shape index (κ2) is 6.47. The second-order valence-corrected chi connectivity index (χ2v) is 6.81. The fraction of sp³-hybridized carbons (Fsp3) is 0.429. The summed E-state index contributed by atoms with van der Waals surface area (Å²) < 4.78 is 0. The minimum Gasteiger partial charge on any atom is -0.0616 e. The molecule has 1 radical (unpaired) electrons. The standard InChI is InChI=1S/C21H27/c1-14(2)18-12-19(15(3)4)21(20(13-18)16(5)6)17-10-8-7-9-11-17/h7-10,12-16H,1-6H3. The molecule has 111 valence electrons. The summed E-state index contributed by atoms with van der Waals surface area (Å²) >= 11 is 0. The van der Waals surface area contributed by atoms with Gasteiger partial charge in [-0.25, -0.2) is 0 Å². The first-order chi connectivity index (χ1) is 9.91. The second-order valence-electron chi connectivity index (χ2n) is 6.81. The summed E-state index contributed by atoms with van der Waals surface area (Å²) in [5.41, 5.74) is 6.96. The van der Waals surface area contributed by atoms with Gasteiger partial charge in [-0.05, 0) is 51.6 Å². The van der Waals surface area contributed by atoms with Crippen LogP contribution in [0.3, 0.4) is 0 Å². The minimum absolute atomic E-state index is 0.518. The number of hydrogen-bond acceptors (Lipinski definition) is 0. The van der Waals surface area contributed by atoms with Gasteiger partial charge in [0.05, 0.1) is 0 Å². The van der Waals surface area contributed by atoms with E-state index in [1.165, 1.54) is 27.8 Å². The van der Waals surface area contributed by atoms with Gasteiger partial charge in [-0.1, -0.05) is 77.9 Å². The van der Waals surface area contributed by atoms with E-state index in [2.05, 4.69) is 71.9 Å². The highest BCUT2D eigenvalue weighted by Gasteiger charge is 2.18. The lowest BCUT2D eigenvalue weighted by Gasteiger charge is -2.23. The molecular weight excluding hydrogens is 252 g/mol. The third-order valence-electron chi connectivity index (χ3n) is 4.11. The summed E-state index contributed by atoms with van der Waals surface area (Å²) in [6.45, 7) is 13.7. The molecule has 0 amide bonds. The number of benzene rings is 2.